The summed E-state index contributed by atoms with van der Waals surface area (Å²) < 4.78 is 1.65. The van der Waals surface area contributed by atoms with Crippen molar-refractivity contribution < 1.29 is 9.90 Å². The molecule has 1 aromatic heterocycles. The molecule has 0 saturated carbocycles. The van der Waals surface area contributed by atoms with Crippen molar-refractivity contribution in [2.45, 2.75) is 25.9 Å². The molecular weight excluding hydrogens is 314 g/mol. The van der Waals surface area contributed by atoms with Gasteiger partial charge < -0.3 is 10.0 Å². The molecule has 0 aliphatic carbocycles. The maximum atomic E-state index is 12.6. The first kappa shape index (κ1) is 16.0. The standard InChI is InChI=1S/C17H20ClN3O2/c1-12(22)13-4-3-8-20(11-13)17(23)16-7-9-21(19-16)15-6-2-5-14(18)10-15/h2,5-7,9-10,12-13,22H,3-4,8,11H2,1H3. The van der Waals surface area contributed by atoms with Crippen LogP contribution in [0.3, 0.4) is 0 Å². The van der Waals surface area contributed by atoms with Crippen molar-refractivity contribution in [2.24, 2.45) is 5.92 Å². The number of halogens is 1. The van der Waals surface area contributed by atoms with Crippen LogP contribution in [0, 0.1) is 5.92 Å². The van der Waals surface area contributed by atoms with Gasteiger partial charge in [0.2, 0.25) is 0 Å². The molecule has 1 aliphatic heterocycles. The van der Waals surface area contributed by atoms with E-state index in [1.54, 1.807) is 40.9 Å². The molecule has 122 valence electrons. The van der Waals surface area contributed by atoms with Gasteiger partial charge in [-0.25, -0.2) is 4.68 Å². The van der Waals surface area contributed by atoms with E-state index in [4.69, 9.17) is 11.6 Å². The highest BCUT2D eigenvalue weighted by Crippen LogP contribution is 2.21. The number of likely N-dealkylation sites (tertiary alicyclic amines) is 1. The SMILES string of the molecule is CC(O)C1CCCN(C(=O)c2ccn(-c3cccc(Cl)c3)n2)C1. The summed E-state index contributed by atoms with van der Waals surface area (Å²) in [5, 5.41) is 14.8. The van der Waals surface area contributed by atoms with Gasteiger partial charge in [0.15, 0.2) is 5.69 Å². The highest BCUT2D eigenvalue weighted by molar-refractivity contribution is 6.30. The third-order valence-corrected chi connectivity index (χ3v) is 4.54. The molecule has 1 aromatic carbocycles. The quantitative estimate of drug-likeness (QED) is 0.939. The highest BCUT2D eigenvalue weighted by atomic mass is 35.5. The molecule has 5 nitrogen and oxygen atoms in total. The van der Waals surface area contributed by atoms with Gasteiger partial charge >= 0.3 is 0 Å². The Balaban J connectivity index is 1.76. The molecule has 2 aromatic rings. The lowest BCUT2D eigenvalue weighted by Gasteiger charge is -2.33. The van der Waals surface area contributed by atoms with E-state index in [0.717, 1.165) is 18.5 Å². The van der Waals surface area contributed by atoms with E-state index in [9.17, 15) is 9.90 Å². The van der Waals surface area contributed by atoms with E-state index in [1.807, 2.05) is 12.1 Å². The van der Waals surface area contributed by atoms with Crippen molar-refractivity contribution in [3.63, 3.8) is 0 Å². The van der Waals surface area contributed by atoms with E-state index in [2.05, 4.69) is 5.10 Å². The van der Waals surface area contributed by atoms with Crippen LogP contribution in [-0.2, 0) is 0 Å². The normalized spacial score (nSPS) is 19.6. The number of nitrogens with zero attached hydrogens (tertiary/aromatic N) is 3. The second-order valence-electron chi connectivity index (χ2n) is 6.02. The number of rotatable bonds is 3. The number of carbonyl (C=O) groups excluding carboxylic acids is 1. The molecular formula is C17H20ClN3O2. The van der Waals surface area contributed by atoms with Gasteiger partial charge in [0.25, 0.3) is 5.91 Å². The summed E-state index contributed by atoms with van der Waals surface area (Å²) >= 11 is 5.99. The topological polar surface area (TPSA) is 58.4 Å². The van der Waals surface area contributed by atoms with E-state index < -0.39 is 6.10 Å². The molecule has 3 rings (SSSR count). The minimum Gasteiger partial charge on any atom is -0.393 e. The molecule has 1 N–H and O–H groups in total. The van der Waals surface area contributed by atoms with Crippen molar-refractivity contribution in [1.29, 1.82) is 0 Å². The summed E-state index contributed by atoms with van der Waals surface area (Å²) in [5.74, 6) is 0.0545. The largest absolute Gasteiger partial charge is 0.393 e. The number of benzene rings is 1. The summed E-state index contributed by atoms with van der Waals surface area (Å²) in [4.78, 5) is 14.4. The number of aliphatic hydroxyl groups excluding tert-OH is 1. The molecule has 0 radical (unpaired) electrons. The smallest absolute Gasteiger partial charge is 0.274 e. The average Bonchev–Trinajstić information content (AvgIpc) is 3.04. The van der Waals surface area contributed by atoms with Crippen LogP contribution < -0.4 is 0 Å². The van der Waals surface area contributed by atoms with Crippen molar-refractivity contribution in [2.75, 3.05) is 13.1 Å². The Morgan fingerprint density at radius 2 is 2.26 bits per heavy atom. The molecule has 2 heterocycles. The van der Waals surface area contributed by atoms with E-state index in [0.29, 0.717) is 23.8 Å². The van der Waals surface area contributed by atoms with Crippen LogP contribution in [0.15, 0.2) is 36.5 Å². The summed E-state index contributed by atoms with van der Waals surface area (Å²) in [6, 6.07) is 9.04. The monoisotopic (exact) mass is 333 g/mol. The molecule has 2 atom stereocenters. The fraction of sp³-hybridized carbons (Fsp3) is 0.412. The van der Waals surface area contributed by atoms with Crippen LogP contribution in [-0.4, -0.2) is 44.9 Å². The maximum Gasteiger partial charge on any atom is 0.274 e. The Hall–Kier alpha value is -1.85. The Morgan fingerprint density at radius 1 is 1.43 bits per heavy atom. The van der Waals surface area contributed by atoms with Crippen LogP contribution in [0.2, 0.25) is 5.02 Å². The molecule has 1 amide bonds. The average molecular weight is 334 g/mol. The predicted octanol–water partition coefficient (Wildman–Crippen LogP) is 2.76. The lowest BCUT2D eigenvalue weighted by molar-refractivity contribution is 0.0461. The second-order valence-corrected chi connectivity index (χ2v) is 6.46. The number of hydrogen-bond acceptors (Lipinski definition) is 3. The molecule has 1 fully saturated rings. The molecule has 1 aliphatic rings. The minimum absolute atomic E-state index is 0.0869. The van der Waals surface area contributed by atoms with Gasteiger partial charge in [-0.15, -0.1) is 0 Å². The molecule has 23 heavy (non-hydrogen) atoms. The predicted molar refractivity (Wildman–Crippen MR) is 88.9 cm³/mol. The zero-order valence-electron chi connectivity index (χ0n) is 13.0. The first-order valence-corrected chi connectivity index (χ1v) is 8.21. The number of aliphatic hydroxyl groups is 1. The molecule has 1 saturated heterocycles. The fourth-order valence-corrected chi connectivity index (χ4v) is 3.14. The first-order chi connectivity index (χ1) is 11.0. The van der Waals surface area contributed by atoms with Crippen molar-refractivity contribution >= 4 is 17.5 Å². The van der Waals surface area contributed by atoms with Gasteiger partial charge in [0.05, 0.1) is 11.8 Å². The maximum absolute atomic E-state index is 12.6. The van der Waals surface area contributed by atoms with Gasteiger partial charge in [-0.3, -0.25) is 4.79 Å². The zero-order chi connectivity index (χ0) is 16.4. The fourth-order valence-electron chi connectivity index (χ4n) is 2.95. The molecule has 2 unspecified atom stereocenters. The number of amides is 1. The summed E-state index contributed by atoms with van der Waals surface area (Å²) in [7, 11) is 0. The minimum atomic E-state index is -0.394. The second kappa shape index (κ2) is 6.72. The third kappa shape index (κ3) is 3.57. The molecule has 0 spiro atoms. The summed E-state index contributed by atoms with van der Waals surface area (Å²) in [6.45, 7) is 3.08. The molecule has 0 bridgehead atoms. The van der Waals surface area contributed by atoms with Crippen molar-refractivity contribution in [3.05, 3.63) is 47.2 Å². The van der Waals surface area contributed by atoms with Gasteiger partial charge in [-0.2, -0.15) is 5.10 Å². The number of hydrogen-bond donors (Lipinski definition) is 1. The van der Waals surface area contributed by atoms with Gasteiger partial charge in [0, 0.05) is 30.2 Å². The van der Waals surface area contributed by atoms with E-state index >= 15 is 0 Å². The number of carbonyl (C=O) groups is 1. The Kier molecular flexibility index (Phi) is 4.68. The van der Waals surface area contributed by atoms with E-state index in [1.165, 1.54) is 0 Å². The highest BCUT2D eigenvalue weighted by Gasteiger charge is 2.28. The number of aromatic nitrogens is 2. The van der Waals surface area contributed by atoms with Crippen LogP contribution in [0.25, 0.3) is 5.69 Å². The Bertz CT molecular complexity index is 699. The van der Waals surface area contributed by atoms with Crippen molar-refractivity contribution in [1.82, 2.24) is 14.7 Å². The zero-order valence-corrected chi connectivity index (χ0v) is 13.8. The Labute approximate surface area is 140 Å². The van der Waals surface area contributed by atoms with Gasteiger partial charge in [-0.1, -0.05) is 17.7 Å². The van der Waals surface area contributed by atoms with E-state index in [-0.39, 0.29) is 11.8 Å². The third-order valence-electron chi connectivity index (χ3n) is 4.31. The van der Waals surface area contributed by atoms with Crippen LogP contribution >= 0.6 is 11.6 Å². The van der Waals surface area contributed by atoms with Crippen LogP contribution in [0.4, 0.5) is 0 Å². The number of piperidine rings is 1. The lowest BCUT2D eigenvalue weighted by Crippen LogP contribution is -2.43. The van der Waals surface area contributed by atoms with Gasteiger partial charge in [0.1, 0.15) is 0 Å². The Morgan fingerprint density at radius 3 is 3.00 bits per heavy atom. The van der Waals surface area contributed by atoms with Crippen molar-refractivity contribution in [3.8, 4) is 5.69 Å². The lowest BCUT2D eigenvalue weighted by atomic mass is 9.93. The molecule has 6 heteroatoms. The summed E-state index contributed by atoms with van der Waals surface area (Å²) in [5.41, 5.74) is 1.23. The summed E-state index contributed by atoms with van der Waals surface area (Å²) in [6.07, 6.45) is 3.23. The first-order valence-electron chi connectivity index (χ1n) is 7.83. The van der Waals surface area contributed by atoms with Gasteiger partial charge in [-0.05, 0) is 44.0 Å². The van der Waals surface area contributed by atoms with Crippen LogP contribution in [0.5, 0.6) is 0 Å². The van der Waals surface area contributed by atoms with Crippen LogP contribution in [0.1, 0.15) is 30.3 Å².